The van der Waals surface area contributed by atoms with Gasteiger partial charge in [-0.05, 0) is 26.7 Å². The van der Waals surface area contributed by atoms with Crippen LogP contribution in [-0.4, -0.2) is 53.1 Å². The molecular weight excluding hydrogens is 357 g/mol. The summed E-state index contributed by atoms with van der Waals surface area (Å²) in [5.74, 6) is -2.67. The molecule has 0 bridgehead atoms. The molecule has 2 N–H and O–H groups in total. The Morgan fingerprint density at radius 1 is 1.31 bits per heavy atom. The molecule has 1 aromatic heterocycles. The number of hydrogen-bond acceptors (Lipinski definition) is 5. The molecule has 26 heavy (non-hydrogen) atoms. The first kappa shape index (κ1) is 19.7. The highest BCUT2D eigenvalue weighted by Crippen LogP contribution is 2.24. The van der Waals surface area contributed by atoms with Gasteiger partial charge in [-0.3, -0.25) is 14.4 Å². The van der Waals surface area contributed by atoms with Crippen molar-refractivity contribution in [3.63, 3.8) is 0 Å². The summed E-state index contributed by atoms with van der Waals surface area (Å²) in [4.78, 5) is 36.1. The third-order valence-corrected chi connectivity index (χ3v) is 4.03. The molecule has 0 aromatic carbocycles. The van der Waals surface area contributed by atoms with E-state index in [2.05, 4.69) is 15.8 Å². The van der Waals surface area contributed by atoms with E-state index in [4.69, 9.17) is 4.52 Å². The van der Waals surface area contributed by atoms with E-state index in [1.165, 1.54) is 13.0 Å². The molecule has 0 spiro atoms. The lowest BCUT2D eigenvalue weighted by Crippen LogP contribution is -2.49. The number of likely N-dealkylation sites (tertiary alicyclic amines) is 1. The number of rotatable bonds is 4. The van der Waals surface area contributed by atoms with E-state index in [-0.39, 0.29) is 31.7 Å². The molecule has 2 heterocycles. The third-order valence-electron chi connectivity index (χ3n) is 4.03. The number of carbonyl (C=O) groups is 3. The van der Waals surface area contributed by atoms with Gasteiger partial charge in [-0.1, -0.05) is 5.16 Å². The summed E-state index contributed by atoms with van der Waals surface area (Å²) < 4.78 is 42.0. The fraction of sp³-hybridized carbons (Fsp3) is 0.600. The quantitative estimate of drug-likeness (QED) is 0.822. The van der Waals surface area contributed by atoms with Gasteiger partial charge in [-0.25, -0.2) is 0 Å². The summed E-state index contributed by atoms with van der Waals surface area (Å²) in [6, 6.07) is 0.647. The molecule has 0 saturated carbocycles. The zero-order chi connectivity index (χ0) is 19.5. The van der Waals surface area contributed by atoms with Crippen molar-refractivity contribution in [2.24, 2.45) is 5.92 Å². The van der Waals surface area contributed by atoms with Crippen LogP contribution in [0.25, 0.3) is 0 Å². The van der Waals surface area contributed by atoms with E-state index < -0.39 is 35.9 Å². The van der Waals surface area contributed by atoms with E-state index >= 15 is 0 Å². The molecule has 2 rings (SSSR count). The molecule has 1 saturated heterocycles. The minimum absolute atomic E-state index is 0.102. The van der Waals surface area contributed by atoms with Crippen LogP contribution < -0.4 is 10.6 Å². The Labute approximate surface area is 147 Å². The zero-order valence-corrected chi connectivity index (χ0v) is 14.2. The second-order valence-electron chi connectivity index (χ2n) is 6.11. The van der Waals surface area contributed by atoms with Crippen LogP contribution in [0.5, 0.6) is 0 Å². The predicted octanol–water partition coefficient (Wildman–Crippen LogP) is 1.23. The van der Waals surface area contributed by atoms with E-state index in [0.29, 0.717) is 10.7 Å². The zero-order valence-electron chi connectivity index (χ0n) is 14.2. The van der Waals surface area contributed by atoms with Crippen LogP contribution in [0.3, 0.4) is 0 Å². The number of piperidine rings is 1. The summed E-state index contributed by atoms with van der Waals surface area (Å²) in [5.41, 5.74) is 0. The molecule has 0 unspecified atom stereocenters. The summed E-state index contributed by atoms with van der Waals surface area (Å²) in [5, 5.41) is 8.59. The highest BCUT2D eigenvalue weighted by Gasteiger charge is 2.43. The Morgan fingerprint density at radius 2 is 1.92 bits per heavy atom. The van der Waals surface area contributed by atoms with E-state index in [1.807, 2.05) is 0 Å². The third kappa shape index (κ3) is 4.96. The Balaban J connectivity index is 1.81. The molecule has 0 aliphatic carbocycles. The molecular formula is C15H19F3N4O4. The molecule has 1 fully saturated rings. The number of aryl methyl sites for hydroxylation is 1. The van der Waals surface area contributed by atoms with E-state index in [1.54, 1.807) is 6.92 Å². The van der Waals surface area contributed by atoms with E-state index in [0.717, 1.165) is 0 Å². The van der Waals surface area contributed by atoms with Gasteiger partial charge in [0.25, 0.3) is 0 Å². The molecule has 8 nitrogen and oxygen atoms in total. The topological polar surface area (TPSA) is 105 Å². The maximum atomic E-state index is 12.4. The lowest BCUT2D eigenvalue weighted by Gasteiger charge is -2.32. The van der Waals surface area contributed by atoms with Crippen molar-refractivity contribution in [2.45, 2.75) is 38.9 Å². The Morgan fingerprint density at radius 3 is 2.42 bits per heavy atom. The van der Waals surface area contributed by atoms with Gasteiger partial charge >= 0.3 is 12.1 Å². The van der Waals surface area contributed by atoms with Crippen LogP contribution in [0, 0.1) is 12.8 Å². The van der Waals surface area contributed by atoms with Crippen LogP contribution in [-0.2, 0) is 14.4 Å². The fourth-order valence-electron chi connectivity index (χ4n) is 2.58. The monoisotopic (exact) mass is 376 g/mol. The SMILES string of the molecule is Cc1cc(NC(=O)[C@H](C)NC(=O)C2CCN(C(=O)C(F)(F)F)CC2)no1. The minimum atomic E-state index is -4.92. The van der Waals surface area contributed by atoms with Crippen LogP contribution in [0.2, 0.25) is 0 Å². The van der Waals surface area contributed by atoms with Crippen LogP contribution in [0.1, 0.15) is 25.5 Å². The number of aromatic nitrogens is 1. The second-order valence-corrected chi connectivity index (χ2v) is 6.11. The minimum Gasteiger partial charge on any atom is -0.360 e. The Bertz CT molecular complexity index is 681. The largest absolute Gasteiger partial charge is 0.471 e. The number of alkyl halides is 3. The standard InChI is InChI=1S/C15H19F3N4O4/c1-8-7-11(21-26-8)20-12(23)9(2)19-13(24)10-3-5-22(6-4-10)14(25)15(16,17)18/h7,9-10H,3-6H2,1-2H3,(H,19,24)(H,20,21,23)/t9-/m0/s1. The van der Waals surface area contributed by atoms with Crippen molar-refractivity contribution in [1.82, 2.24) is 15.4 Å². The number of hydrogen-bond donors (Lipinski definition) is 2. The molecule has 1 aliphatic rings. The van der Waals surface area contributed by atoms with Crippen molar-refractivity contribution in [1.29, 1.82) is 0 Å². The molecule has 0 radical (unpaired) electrons. The van der Waals surface area contributed by atoms with Crippen LogP contribution in [0.4, 0.5) is 19.0 Å². The van der Waals surface area contributed by atoms with Crippen molar-refractivity contribution >= 4 is 23.5 Å². The van der Waals surface area contributed by atoms with Gasteiger partial charge < -0.3 is 20.1 Å². The molecule has 3 amide bonds. The summed E-state index contributed by atoms with van der Waals surface area (Å²) >= 11 is 0. The molecule has 11 heteroatoms. The van der Waals surface area contributed by atoms with Gasteiger partial charge in [-0.2, -0.15) is 13.2 Å². The Hall–Kier alpha value is -2.59. The second kappa shape index (κ2) is 7.75. The van der Waals surface area contributed by atoms with Crippen molar-refractivity contribution < 1.29 is 32.1 Å². The summed E-state index contributed by atoms with van der Waals surface area (Å²) in [7, 11) is 0. The Kier molecular flexibility index (Phi) is 5.88. The fourth-order valence-corrected chi connectivity index (χ4v) is 2.58. The number of carbonyl (C=O) groups excluding carboxylic acids is 3. The number of halogens is 3. The first-order chi connectivity index (χ1) is 12.1. The summed E-state index contributed by atoms with van der Waals surface area (Å²) in [6.45, 7) is 2.82. The summed E-state index contributed by atoms with van der Waals surface area (Å²) in [6.07, 6.45) is -4.71. The van der Waals surface area contributed by atoms with Crippen molar-refractivity contribution in [2.75, 3.05) is 18.4 Å². The van der Waals surface area contributed by atoms with Gasteiger partial charge in [0.2, 0.25) is 11.8 Å². The first-order valence-electron chi connectivity index (χ1n) is 7.98. The maximum absolute atomic E-state index is 12.4. The van der Waals surface area contributed by atoms with Crippen LogP contribution in [0.15, 0.2) is 10.6 Å². The molecule has 1 aromatic rings. The number of amides is 3. The van der Waals surface area contributed by atoms with Crippen molar-refractivity contribution in [3.8, 4) is 0 Å². The molecule has 144 valence electrons. The van der Waals surface area contributed by atoms with Gasteiger partial charge in [-0.15, -0.1) is 0 Å². The average molecular weight is 376 g/mol. The van der Waals surface area contributed by atoms with Gasteiger partial charge in [0.05, 0.1) is 0 Å². The normalized spacial score (nSPS) is 16.9. The van der Waals surface area contributed by atoms with Gasteiger partial charge in [0.1, 0.15) is 11.8 Å². The first-order valence-corrected chi connectivity index (χ1v) is 7.98. The molecule has 1 aliphatic heterocycles. The predicted molar refractivity (Wildman–Crippen MR) is 82.8 cm³/mol. The van der Waals surface area contributed by atoms with Gasteiger partial charge in [0, 0.05) is 25.1 Å². The highest BCUT2D eigenvalue weighted by molar-refractivity contribution is 5.96. The number of anilines is 1. The maximum Gasteiger partial charge on any atom is 0.471 e. The van der Waals surface area contributed by atoms with Crippen LogP contribution >= 0.6 is 0 Å². The van der Waals surface area contributed by atoms with E-state index in [9.17, 15) is 27.6 Å². The van der Waals surface area contributed by atoms with Crippen molar-refractivity contribution in [3.05, 3.63) is 11.8 Å². The highest BCUT2D eigenvalue weighted by atomic mass is 19.4. The number of nitrogens with one attached hydrogen (secondary N) is 2. The lowest BCUT2D eigenvalue weighted by molar-refractivity contribution is -0.186. The molecule has 1 atom stereocenters. The lowest BCUT2D eigenvalue weighted by atomic mass is 9.95. The van der Waals surface area contributed by atoms with Gasteiger partial charge in [0.15, 0.2) is 5.82 Å². The average Bonchev–Trinajstić information content (AvgIpc) is 2.98. The number of nitrogens with zero attached hydrogens (tertiary/aromatic N) is 2. The smallest absolute Gasteiger partial charge is 0.360 e.